The van der Waals surface area contributed by atoms with E-state index in [0.717, 1.165) is 0 Å². The minimum absolute atomic E-state index is 0.0604. The molecule has 210 valence electrons. The number of rotatable bonds is 10. The Labute approximate surface area is 229 Å². The van der Waals surface area contributed by atoms with Gasteiger partial charge in [0.15, 0.2) is 8.32 Å². The molecule has 1 aliphatic rings. The van der Waals surface area contributed by atoms with Gasteiger partial charge in [0, 0.05) is 25.2 Å². The molecule has 12 heteroatoms. The molecule has 0 saturated carbocycles. The quantitative estimate of drug-likeness (QED) is 0.255. The molecule has 0 unspecified atom stereocenters. The molecule has 0 bridgehead atoms. The van der Waals surface area contributed by atoms with Crippen LogP contribution in [0.25, 0.3) is 0 Å². The van der Waals surface area contributed by atoms with Crippen LogP contribution in [0.15, 0.2) is 82.5 Å². The monoisotopic (exact) mass is 573 g/mol. The Morgan fingerprint density at radius 1 is 1.00 bits per heavy atom. The third-order valence-electron chi connectivity index (χ3n) is 7.02. The van der Waals surface area contributed by atoms with Gasteiger partial charge in [0.05, 0.1) is 12.2 Å². The van der Waals surface area contributed by atoms with Crippen molar-refractivity contribution in [2.45, 2.75) is 63.8 Å². The number of benzene rings is 2. The molecule has 1 aromatic heterocycles. The van der Waals surface area contributed by atoms with Crippen molar-refractivity contribution >= 4 is 16.1 Å². The van der Waals surface area contributed by atoms with Crippen LogP contribution in [-0.4, -0.2) is 36.6 Å². The second-order valence-electron chi connectivity index (χ2n) is 11.0. The molecule has 4 rings (SSSR count). The van der Waals surface area contributed by atoms with Gasteiger partial charge in [-0.1, -0.05) is 57.2 Å². The van der Waals surface area contributed by atoms with Crippen molar-refractivity contribution in [1.82, 2.24) is 14.6 Å². The fourth-order valence-electron chi connectivity index (χ4n) is 3.91. The number of hydrogen-bond donors (Lipinski definition) is 2. The van der Waals surface area contributed by atoms with Crippen molar-refractivity contribution in [3.63, 3.8) is 0 Å². The topological polar surface area (TPSA) is 121 Å². The van der Waals surface area contributed by atoms with Crippen molar-refractivity contribution in [2.75, 3.05) is 6.54 Å². The molecule has 1 saturated heterocycles. The van der Waals surface area contributed by atoms with Crippen LogP contribution in [-0.2, 0) is 13.7 Å². The molecule has 2 aromatic carbocycles. The lowest BCUT2D eigenvalue weighted by Gasteiger charge is -2.39. The Kier molecular flexibility index (Phi) is 8.68. The predicted octanol–water partition coefficient (Wildman–Crippen LogP) is 5.07. The zero-order valence-corrected chi connectivity index (χ0v) is 24.7. The summed E-state index contributed by atoms with van der Waals surface area (Å²) in [5.74, 6) is 0.756. The maximum absolute atomic E-state index is 14.0. The lowest BCUT2D eigenvalue weighted by Crippen LogP contribution is -2.47. The first-order valence-electron chi connectivity index (χ1n) is 12.8. The average Bonchev–Trinajstić information content (AvgIpc) is 3.25. The van der Waals surface area contributed by atoms with Gasteiger partial charge in [0.25, 0.3) is 5.56 Å². The van der Waals surface area contributed by atoms with Gasteiger partial charge >= 0.3 is 13.4 Å². The number of hydrogen-bond acceptors (Lipinski definition) is 7. The largest absolute Gasteiger partial charge is 0.512 e. The average molecular weight is 574 g/mol. The molecule has 1 aliphatic heterocycles. The predicted molar refractivity (Wildman–Crippen MR) is 152 cm³/mol. The Morgan fingerprint density at radius 3 is 2.08 bits per heavy atom. The zero-order valence-electron chi connectivity index (χ0n) is 22.8. The first-order valence-corrected chi connectivity index (χ1v) is 17.3. The van der Waals surface area contributed by atoms with Gasteiger partial charge in [0.2, 0.25) is 0 Å². The highest BCUT2D eigenvalue weighted by Gasteiger charge is 2.46. The fourth-order valence-corrected chi connectivity index (χ4v) is 6.64. The SMILES string of the molecule is CC(C)(C)[Si](C)(C)O[C@H]1C[C@H](n2ccc(=O)[nH]c2=O)O[C@@H]1CNP(=O)(Oc1ccccc1)Oc1ccccc1. The zero-order chi connectivity index (χ0) is 28.3. The molecule has 39 heavy (non-hydrogen) atoms. The minimum Gasteiger partial charge on any atom is -0.411 e. The van der Waals surface area contributed by atoms with Crippen LogP contribution in [0, 0.1) is 0 Å². The lowest BCUT2D eigenvalue weighted by atomic mass is 10.2. The smallest absolute Gasteiger partial charge is 0.411 e. The molecule has 3 atom stereocenters. The van der Waals surface area contributed by atoms with E-state index in [4.69, 9.17) is 18.2 Å². The summed E-state index contributed by atoms with van der Waals surface area (Å²) >= 11 is 0. The molecule has 0 radical (unpaired) electrons. The number of nitrogens with zero attached hydrogens (tertiary/aromatic N) is 1. The normalized spacial score (nSPS) is 20.1. The van der Waals surface area contributed by atoms with Gasteiger partial charge in [-0.25, -0.2) is 9.36 Å². The van der Waals surface area contributed by atoms with E-state index in [1.807, 2.05) is 12.1 Å². The third-order valence-corrected chi connectivity index (χ3v) is 13.0. The maximum Gasteiger partial charge on any atom is 0.512 e. The number of aromatic nitrogens is 2. The summed E-state index contributed by atoms with van der Waals surface area (Å²) in [4.78, 5) is 26.4. The van der Waals surface area contributed by atoms with E-state index in [9.17, 15) is 14.2 Å². The highest BCUT2D eigenvalue weighted by Crippen LogP contribution is 2.46. The molecular weight excluding hydrogens is 537 g/mol. The van der Waals surface area contributed by atoms with E-state index in [1.165, 1.54) is 16.8 Å². The van der Waals surface area contributed by atoms with Gasteiger partial charge in [-0.15, -0.1) is 0 Å². The van der Waals surface area contributed by atoms with Crippen molar-refractivity contribution in [3.8, 4) is 11.5 Å². The summed E-state index contributed by atoms with van der Waals surface area (Å²) in [5.41, 5.74) is -1.06. The summed E-state index contributed by atoms with van der Waals surface area (Å²) in [5, 5.41) is 2.89. The van der Waals surface area contributed by atoms with Crippen LogP contribution in [0.3, 0.4) is 0 Å². The summed E-state index contributed by atoms with van der Waals surface area (Å²) in [6.45, 7) is 10.8. The van der Waals surface area contributed by atoms with Gasteiger partial charge in [-0.3, -0.25) is 14.3 Å². The van der Waals surface area contributed by atoms with Crippen LogP contribution >= 0.6 is 7.75 Å². The second-order valence-corrected chi connectivity index (χ2v) is 17.4. The maximum atomic E-state index is 14.0. The van der Waals surface area contributed by atoms with Crippen molar-refractivity contribution in [3.05, 3.63) is 93.8 Å². The molecular formula is C27H36N3O7PSi. The van der Waals surface area contributed by atoms with Gasteiger partial charge in [-0.2, -0.15) is 5.09 Å². The number of nitrogens with one attached hydrogen (secondary N) is 2. The van der Waals surface area contributed by atoms with Crippen LogP contribution in [0.2, 0.25) is 18.1 Å². The summed E-state index contributed by atoms with van der Waals surface area (Å²) in [6, 6.07) is 18.8. The number of para-hydroxylation sites is 2. The molecule has 1 fully saturated rings. The van der Waals surface area contributed by atoms with E-state index in [-0.39, 0.29) is 11.6 Å². The van der Waals surface area contributed by atoms with Crippen molar-refractivity contribution in [2.24, 2.45) is 0 Å². The number of H-pyrrole nitrogens is 1. The van der Waals surface area contributed by atoms with Crippen molar-refractivity contribution < 1.29 is 22.8 Å². The van der Waals surface area contributed by atoms with Gasteiger partial charge in [0.1, 0.15) is 17.7 Å². The van der Waals surface area contributed by atoms with E-state index in [0.29, 0.717) is 17.9 Å². The van der Waals surface area contributed by atoms with E-state index in [2.05, 4.69) is 43.9 Å². The molecule has 0 aliphatic carbocycles. The molecule has 2 heterocycles. The first-order chi connectivity index (χ1) is 18.4. The van der Waals surface area contributed by atoms with Crippen LogP contribution in [0.4, 0.5) is 0 Å². The lowest BCUT2D eigenvalue weighted by molar-refractivity contribution is -0.0155. The standard InChI is InChI=1S/C27H36N3O7PSi/c1-27(2,3)39(4,5)37-22-18-25(30-17-16-24(31)29-26(30)32)34-23(22)19-28-38(33,35-20-12-8-6-9-13-20)36-21-14-10-7-11-15-21/h6-17,22-23,25H,18-19H2,1-5H3,(H,28,33)(H,29,31,32)/t22-,23+,25+/m0/s1. The second kappa shape index (κ2) is 11.7. The van der Waals surface area contributed by atoms with Gasteiger partial charge < -0.3 is 18.2 Å². The number of ether oxygens (including phenoxy) is 1. The number of aromatic amines is 1. The summed E-state index contributed by atoms with van der Waals surface area (Å²) < 4.78 is 40.0. The Hall–Kier alpha value is -2.95. The van der Waals surface area contributed by atoms with Gasteiger partial charge in [-0.05, 0) is 42.4 Å². The van der Waals surface area contributed by atoms with E-state index in [1.54, 1.807) is 48.5 Å². The molecule has 2 N–H and O–H groups in total. The van der Waals surface area contributed by atoms with Crippen LogP contribution < -0.4 is 25.4 Å². The van der Waals surface area contributed by atoms with Crippen LogP contribution in [0.1, 0.15) is 33.4 Å². The Morgan fingerprint density at radius 2 is 1.56 bits per heavy atom. The molecule has 3 aromatic rings. The van der Waals surface area contributed by atoms with Crippen LogP contribution in [0.5, 0.6) is 11.5 Å². The minimum atomic E-state index is -3.92. The van der Waals surface area contributed by atoms with E-state index < -0.39 is 45.7 Å². The van der Waals surface area contributed by atoms with Crippen molar-refractivity contribution in [1.29, 1.82) is 0 Å². The Balaban J connectivity index is 1.59. The van der Waals surface area contributed by atoms with E-state index >= 15 is 0 Å². The highest BCUT2D eigenvalue weighted by molar-refractivity contribution is 7.52. The summed E-state index contributed by atoms with van der Waals surface area (Å²) in [7, 11) is -6.17. The highest BCUT2D eigenvalue weighted by atomic mass is 31.2. The first kappa shape index (κ1) is 29.0. The molecule has 10 nitrogen and oxygen atoms in total. The Bertz CT molecular complexity index is 1360. The summed E-state index contributed by atoms with van der Waals surface area (Å²) in [6.07, 6.45) is 0.0979. The third kappa shape index (κ3) is 7.37. The molecule has 0 amide bonds. The fraction of sp³-hybridized carbons (Fsp3) is 0.407. The molecule has 0 spiro atoms.